The van der Waals surface area contributed by atoms with E-state index in [0.29, 0.717) is 6.54 Å². The van der Waals surface area contributed by atoms with Crippen molar-refractivity contribution in [1.82, 2.24) is 9.59 Å². The average molecular weight is 290 g/mol. The molecule has 1 amide bonds. The third-order valence-corrected chi connectivity index (χ3v) is 3.74. The fourth-order valence-electron chi connectivity index (χ4n) is 2.08. The number of aromatic nitrogens is 2. The highest BCUT2D eigenvalue weighted by Crippen LogP contribution is 2.33. The number of para-hydroxylation sites is 2. The third kappa shape index (κ3) is 2.32. The van der Waals surface area contributed by atoms with E-state index < -0.39 is 0 Å². The maximum absolute atomic E-state index is 12.1. The molecule has 1 aromatic heterocycles. The molecule has 1 aliphatic heterocycles. The number of rotatable bonds is 4. The zero-order valence-electron chi connectivity index (χ0n) is 11.0. The van der Waals surface area contributed by atoms with Gasteiger partial charge in [0.15, 0.2) is 6.61 Å². The minimum absolute atomic E-state index is 0.0606. The summed E-state index contributed by atoms with van der Waals surface area (Å²) in [5.74, 6) is 0.652. The first-order chi connectivity index (χ1) is 9.79. The van der Waals surface area contributed by atoms with E-state index in [1.807, 2.05) is 31.2 Å². The Morgan fingerprint density at radius 3 is 3.15 bits per heavy atom. The van der Waals surface area contributed by atoms with Crippen molar-refractivity contribution in [2.45, 2.75) is 13.5 Å². The van der Waals surface area contributed by atoms with Crippen LogP contribution in [0.15, 0.2) is 24.3 Å². The third-order valence-electron chi connectivity index (χ3n) is 3.01. The highest BCUT2D eigenvalue weighted by molar-refractivity contribution is 7.10. The Bertz CT molecular complexity index is 628. The SMILES string of the molecule is CCNc1snnc1CN1C(=O)COc2ccccc21. The van der Waals surface area contributed by atoms with E-state index in [2.05, 4.69) is 14.9 Å². The van der Waals surface area contributed by atoms with Crippen molar-refractivity contribution in [3.63, 3.8) is 0 Å². The Hall–Kier alpha value is -2.15. The number of hydrogen-bond donors (Lipinski definition) is 1. The molecule has 1 aliphatic rings. The predicted molar refractivity (Wildman–Crippen MR) is 77.2 cm³/mol. The fraction of sp³-hybridized carbons (Fsp3) is 0.308. The van der Waals surface area contributed by atoms with E-state index in [-0.39, 0.29) is 12.5 Å². The lowest BCUT2D eigenvalue weighted by Gasteiger charge is -2.28. The number of anilines is 2. The van der Waals surface area contributed by atoms with Crippen LogP contribution in [0.1, 0.15) is 12.6 Å². The van der Waals surface area contributed by atoms with Crippen molar-refractivity contribution < 1.29 is 9.53 Å². The molecule has 1 N–H and O–H groups in total. The maximum atomic E-state index is 12.1. The molecule has 0 unspecified atom stereocenters. The number of nitrogens with one attached hydrogen (secondary N) is 1. The number of ether oxygens (including phenoxy) is 1. The van der Waals surface area contributed by atoms with Crippen LogP contribution in [0.3, 0.4) is 0 Å². The molecule has 3 rings (SSSR count). The molecule has 0 saturated carbocycles. The van der Waals surface area contributed by atoms with Crippen LogP contribution in [0.2, 0.25) is 0 Å². The first kappa shape index (κ1) is 12.9. The second kappa shape index (κ2) is 5.46. The van der Waals surface area contributed by atoms with Gasteiger partial charge in [-0.1, -0.05) is 16.6 Å². The summed E-state index contributed by atoms with van der Waals surface area (Å²) in [5, 5.41) is 8.22. The Kier molecular flexibility index (Phi) is 3.51. The van der Waals surface area contributed by atoms with Crippen LogP contribution in [-0.2, 0) is 11.3 Å². The van der Waals surface area contributed by atoms with E-state index in [9.17, 15) is 4.79 Å². The lowest BCUT2D eigenvalue weighted by Crippen LogP contribution is -2.38. The monoisotopic (exact) mass is 290 g/mol. The molecule has 1 aromatic carbocycles. The molecule has 0 atom stereocenters. The zero-order chi connectivity index (χ0) is 13.9. The Morgan fingerprint density at radius 2 is 2.30 bits per heavy atom. The van der Waals surface area contributed by atoms with Gasteiger partial charge in [0, 0.05) is 18.1 Å². The number of fused-ring (bicyclic) bond motifs is 1. The van der Waals surface area contributed by atoms with Gasteiger partial charge in [-0.25, -0.2) is 0 Å². The number of carbonyl (C=O) groups excluding carboxylic acids is 1. The molecular formula is C13H14N4O2S. The summed E-state index contributed by atoms with van der Waals surface area (Å²) in [6.07, 6.45) is 0. The summed E-state index contributed by atoms with van der Waals surface area (Å²) in [5.41, 5.74) is 1.56. The summed E-state index contributed by atoms with van der Waals surface area (Å²) in [4.78, 5) is 13.8. The first-order valence-electron chi connectivity index (χ1n) is 6.37. The zero-order valence-corrected chi connectivity index (χ0v) is 11.8. The Balaban J connectivity index is 1.90. The quantitative estimate of drug-likeness (QED) is 0.931. The van der Waals surface area contributed by atoms with Crippen molar-refractivity contribution in [2.24, 2.45) is 0 Å². The summed E-state index contributed by atoms with van der Waals surface area (Å²) in [7, 11) is 0. The van der Waals surface area contributed by atoms with E-state index >= 15 is 0 Å². The number of benzene rings is 1. The number of hydrogen-bond acceptors (Lipinski definition) is 6. The van der Waals surface area contributed by atoms with Crippen molar-refractivity contribution in [1.29, 1.82) is 0 Å². The number of carbonyl (C=O) groups is 1. The standard InChI is InChI=1S/C13H14N4O2S/c1-2-14-13-9(15-16-20-13)7-17-10-5-3-4-6-11(10)19-8-12(17)18/h3-6,14H,2,7-8H2,1H3. The van der Waals surface area contributed by atoms with E-state index in [1.165, 1.54) is 11.5 Å². The van der Waals surface area contributed by atoms with Crippen LogP contribution >= 0.6 is 11.5 Å². The molecule has 7 heteroatoms. The molecule has 0 radical (unpaired) electrons. The van der Waals surface area contributed by atoms with Crippen molar-refractivity contribution in [2.75, 3.05) is 23.4 Å². The number of amides is 1. The van der Waals surface area contributed by atoms with E-state index in [1.54, 1.807) is 4.90 Å². The molecule has 0 fully saturated rings. The second-order valence-electron chi connectivity index (χ2n) is 4.32. The molecule has 0 saturated heterocycles. The molecule has 2 heterocycles. The van der Waals surface area contributed by atoms with Crippen LogP contribution in [0.4, 0.5) is 10.7 Å². The summed E-state index contributed by atoms with van der Waals surface area (Å²) in [6, 6.07) is 7.51. The molecule has 2 aromatic rings. The summed E-state index contributed by atoms with van der Waals surface area (Å²) in [6.45, 7) is 3.27. The minimum Gasteiger partial charge on any atom is -0.482 e. The molecule has 0 bridgehead atoms. The fourth-order valence-corrected chi connectivity index (χ4v) is 2.72. The van der Waals surface area contributed by atoms with Crippen molar-refractivity contribution in [3.05, 3.63) is 30.0 Å². The smallest absolute Gasteiger partial charge is 0.265 e. The summed E-state index contributed by atoms with van der Waals surface area (Å²) < 4.78 is 9.37. The van der Waals surface area contributed by atoms with Gasteiger partial charge >= 0.3 is 0 Å². The second-order valence-corrected chi connectivity index (χ2v) is 5.07. The lowest BCUT2D eigenvalue weighted by molar-refractivity contribution is -0.121. The van der Waals surface area contributed by atoms with Gasteiger partial charge in [-0.15, -0.1) is 5.10 Å². The van der Waals surface area contributed by atoms with Gasteiger partial charge in [-0.05, 0) is 19.1 Å². The van der Waals surface area contributed by atoms with Gasteiger partial charge in [0.25, 0.3) is 5.91 Å². The highest BCUT2D eigenvalue weighted by Gasteiger charge is 2.26. The normalized spacial score (nSPS) is 13.8. The van der Waals surface area contributed by atoms with Gasteiger partial charge in [0.1, 0.15) is 16.4 Å². The molecule has 0 spiro atoms. The molecule has 6 nitrogen and oxygen atoms in total. The largest absolute Gasteiger partial charge is 0.482 e. The van der Waals surface area contributed by atoms with Crippen LogP contribution in [0.5, 0.6) is 5.75 Å². The van der Waals surface area contributed by atoms with E-state index in [4.69, 9.17) is 4.74 Å². The molecular weight excluding hydrogens is 276 g/mol. The first-order valence-corrected chi connectivity index (χ1v) is 7.14. The maximum Gasteiger partial charge on any atom is 0.265 e. The molecule has 20 heavy (non-hydrogen) atoms. The average Bonchev–Trinajstić information content (AvgIpc) is 2.90. The van der Waals surface area contributed by atoms with Crippen molar-refractivity contribution >= 4 is 28.1 Å². The topological polar surface area (TPSA) is 67.4 Å². The van der Waals surface area contributed by atoms with Gasteiger partial charge in [-0.3, -0.25) is 9.69 Å². The Morgan fingerprint density at radius 1 is 1.45 bits per heavy atom. The Labute approximate surface area is 120 Å². The molecule has 104 valence electrons. The highest BCUT2D eigenvalue weighted by atomic mass is 32.1. The number of nitrogens with zero attached hydrogens (tertiary/aromatic N) is 3. The summed E-state index contributed by atoms with van der Waals surface area (Å²) >= 11 is 1.30. The minimum atomic E-state index is -0.0702. The van der Waals surface area contributed by atoms with E-state index in [0.717, 1.165) is 28.7 Å². The van der Waals surface area contributed by atoms with Gasteiger partial charge in [0.05, 0.1) is 12.2 Å². The van der Waals surface area contributed by atoms with Gasteiger partial charge in [-0.2, -0.15) is 0 Å². The van der Waals surface area contributed by atoms with Crippen molar-refractivity contribution in [3.8, 4) is 5.75 Å². The lowest BCUT2D eigenvalue weighted by atomic mass is 10.2. The van der Waals surface area contributed by atoms with Crippen LogP contribution in [-0.4, -0.2) is 28.6 Å². The van der Waals surface area contributed by atoms with Gasteiger partial charge in [0.2, 0.25) is 0 Å². The molecule has 0 aliphatic carbocycles. The van der Waals surface area contributed by atoms with Crippen LogP contribution in [0.25, 0.3) is 0 Å². The van der Waals surface area contributed by atoms with Crippen LogP contribution < -0.4 is 15.0 Å². The van der Waals surface area contributed by atoms with Crippen LogP contribution in [0, 0.1) is 0 Å². The van der Waals surface area contributed by atoms with Gasteiger partial charge < -0.3 is 10.1 Å². The predicted octanol–water partition coefficient (Wildman–Crippen LogP) is 1.90.